The van der Waals surface area contributed by atoms with Crippen molar-refractivity contribution in [2.45, 2.75) is 19.8 Å². The largest absolute Gasteiger partial charge is 0.369 e. The van der Waals surface area contributed by atoms with E-state index < -0.39 is 0 Å². The van der Waals surface area contributed by atoms with Crippen LogP contribution in [0.25, 0.3) is 0 Å². The van der Waals surface area contributed by atoms with E-state index in [2.05, 4.69) is 27.8 Å². The van der Waals surface area contributed by atoms with Crippen LogP contribution in [0.2, 0.25) is 0 Å². The Hall–Kier alpha value is -1.65. The van der Waals surface area contributed by atoms with Crippen LogP contribution in [0, 0.1) is 0 Å². The average Bonchev–Trinajstić information content (AvgIpc) is 2.29. The molecule has 2 N–H and O–H groups in total. The van der Waals surface area contributed by atoms with Gasteiger partial charge in [-0.15, -0.1) is 10.2 Å². The van der Waals surface area contributed by atoms with E-state index in [9.17, 15) is 4.79 Å². The van der Waals surface area contributed by atoms with E-state index in [-0.39, 0.29) is 5.91 Å². The molecule has 0 aliphatic carbocycles. The Morgan fingerprint density at radius 2 is 2.20 bits per heavy atom. The standard InChI is InChI=1S/C10H16N4O/c1-3-4-7-12-9-6-5-8(13-14-9)10(15)11-2/h5-6H,3-4,7H2,1-2H3,(H,11,15)(H,12,14). The monoisotopic (exact) mass is 208 g/mol. The molecule has 0 atom stereocenters. The summed E-state index contributed by atoms with van der Waals surface area (Å²) >= 11 is 0. The fourth-order valence-electron chi connectivity index (χ4n) is 1.07. The summed E-state index contributed by atoms with van der Waals surface area (Å²) < 4.78 is 0. The molecule has 1 aromatic heterocycles. The normalized spacial score (nSPS) is 9.73. The van der Waals surface area contributed by atoms with Crippen LogP contribution >= 0.6 is 0 Å². The van der Waals surface area contributed by atoms with Crippen LogP contribution in [0.1, 0.15) is 30.3 Å². The molecule has 0 aliphatic heterocycles. The number of nitrogens with one attached hydrogen (secondary N) is 2. The minimum Gasteiger partial charge on any atom is -0.369 e. The summed E-state index contributed by atoms with van der Waals surface area (Å²) in [6.07, 6.45) is 2.23. The number of nitrogens with zero attached hydrogens (tertiary/aromatic N) is 2. The highest BCUT2D eigenvalue weighted by atomic mass is 16.1. The van der Waals surface area contributed by atoms with Crippen molar-refractivity contribution in [3.8, 4) is 0 Å². The molecule has 0 bridgehead atoms. The molecule has 0 saturated heterocycles. The fraction of sp³-hybridized carbons (Fsp3) is 0.500. The predicted octanol–water partition coefficient (Wildman–Crippen LogP) is 1.05. The first-order valence-electron chi connectivity index (χ1n) is 5.07. The van der Waals surface area contributed by atoms with E-state index >= 15 is 0 Å². The molecule has 0 radical (unpaired) electrons. The van der Waals surface area contributed by atoms with Crippen LogP contribution in [0.15, 0.2) is 12.1 Å². The molecule has 1 heterocycles. The number of hydrogen-bond donors (Lipinski definition) is 2. The van der Waals surface area contributed by atoms with Crippen molar-refractivity contribution in [3.05, 3.63) is 17.8 Å². The van der Waals surface area contributed by atoms with E-state index in [1.807, 2.05) is 0 Å². The van der Waals surface area contributed by atoms with Crippen molar-refractivity contribution >= 4 is 11.7 Å². The van der Waals surface area contributed by atoms with E-state index in [0.29, 0.717) is 11.5 Å². The summed E-state index contributed by atoms with van der Waals surface area (Å²) in [6.45, 7) is 3.01. The van der Waals surface area contributed by atoms with Gasteiger partial charge in [-0.05, 0) is 18.6 Å². The lowest BCUT2D eigenvalue weighted by atomic mass is 10.3. The molecule has 0 saturated carbocycles. The Kier molecular flexibility index (Phi) is 4.53. The van der Waals surface area contributed by atoms with Gasteiger partial charge in [-0.25, -0.2) is 0 Å². The molecule has 0 unspecified atom stereocenters. The zero-order valence-corrected chi connectivity index (χ0v) is 9.08. The molecule has 1 rings (SSSR count). The van der Waals surface area contributed by atoms with Gasteiger partial charge in [0.1, 0.15) is 5.82 Å². The molecule has 0 spiro atoms. The van der Waals surface area contributed by atoms with E-state index in [0.717, 1.165) is 19.4 Å². The minimum absolute atomic E-state index is 0.220. The maximum Gasteiger partial charge on any atom is 0.271 e. The van der Waals surface area contributed by atoms with Gasteiger partial charge in [-0.3, -0.25) is 4.79 Å². The topological polar surface area (TPSA) is 66.9 Å². The lowest BCUT2D eigenvalue weighted by Gasteiger charge is -2.03. The van der Waals surface area contributed by atoms with Crippen molar-refractivity contribution in [2.24, 2.45) is 0 Å². The first kappa shape index (κ1) is 11.4. The Morgan fingerprint density at radius 1 is 1.40 bits per heavy atom. The first-order valence-corrected chi connectivity index (χ1v) is 5.07. The van der Waals surface area contributed by atoms with Crippen LogP contribution in [0.4, 0.5) is 5.82 Å². The number of amides is 1. The second-order valence-electron chi connectivity index (χ2n) is 3.16. The van der Waals surface area contributed by atoms with Crippen LogP contribution in [-0.2, 0) is 0 Å². The highest BCUT2D eigenvalue weighted by Gasteiger charge is 2.04. The number of unbranched alkanes of at least 4 members (excludes halogenated alkanes) is 1. The Balaban J connectivity index is 2.52. The van der Waals surface area contributed by atoms with Crippen LogP contribution in [-0.4, -0.2) is 29.7 Å². The third kappa shape index (κ3) is 3.53. The Bertz CT molecular complexity index is 310. The van der Waals surface area contributed by atoms with Crippen molar-refractivity contribution < 1.29 is 4.79 Å². The van der Waals surface area contributed by atoms with Gasteiger partial charge in [0.05, 0.1) is 0 Å². The summed E-state index contributed by atoms with van der Waals surface area (Å²) in [4.78, 5) is 11.2. The molecule has 15 heavy (non-hydrogen) atoms. The molecular weight excluding hydrogens is 192 g/mol. The predicted molar refractivity (Wildman–Crippen MR) is 58.8 cm³/mol. The van der Waals surface area contributed by atoms with Gasteiger partial charge < -0.3 is 10.6 Å². The molecular formula is C10H16N4O. The fourth-order valence-corrected chi connectivity index (χ4v) is 1.07. The van der Waals surface area contributed by atoms with Gasteiger partial charge in [-0.2, -0.15) is 0 Å². The Morgan fingerprint density at radius 3 is 2.73 bits per heavy atom. The molecule has 5 heteroatoms. The lowest BCUT2D eigenvalue weighted by molar-refractivity contribution is 0.0957. The number of carbonyl (C=O) groups excluding carboxylic acids is 1. The second-order valence-corrected chi connectivity index (χ2v) is 3.16. The van der Waals surface area contributed by atoms with Gasteiger partial charge in [0, 0.05) is 13.6 Å². The number of aromatic nitrogens is 2. The minimum atomic E-state index is -0.220. The van der Waals surface area contributed by atoms with Gasteiger partial charge in [0.15, 0.2) is 5.69 Å². The summed E-state index contributed by atoms with van der Waals surface area (Å²) in [5.74, 6) is 0.485. The van der Waals surface area contributed by atoms with Crippen molar-refractivity contribution in [1.82, 2.24) is 15.5 Å². The molecule has 0 aliphatic rings. The number of hydrogen-bond acceptors (Lipinski definition) is 4. The first-order chi connectivity index (χ1) is 7.27. The average molecular weight is 208 g/mol. The SMILES string of the molecule is CCCCNc1ccc(C(=O)NC)nn1. The zero-order chi connectivity index (χ0) is 11.1. The van der Waals surface area contributed by atoms with Gasteiger partial charge >= 0.3 is 0 Å². The zero-order valence-electron chi connectivity index (χ0n) is 9.08. The molecule has 1 aromatic rings. The highest BCUT2D eigenvalue weighted by molar-refractivity contribution is 5.91. The second kappa shape index (κ2) is 5.95. The molecule has 5 nitrogen and oxygen atoms in total. The highest BCUT2D eigenvalue weighted by Crippen LogP contribution is 2.02. The van der Waals surface area contributed by atoms with Crippen LogP contribution in [0.3, 0.4) is 0 Å². The van der Waals surface area contributed by atoms with Gasteiger partial charge in [-0.1, -0.05) is 13.3 Å². The third-order valence-electron chi connectivity index (χ3n) is 1.96. The summed E-state index contributed by atoms with van der Waals surface area (Å²) in [5.41, 5.74) is 0.332. The van der Waals surface area contributed by atoms with Crippen LogP contribution in [0.5, 0.6) is 0 Å². The quantitative estimate of drug-likeness (QED) is 0.710. The summed E-state index contributed by atoms with van der Waals surface area (Å²) in [6, 6.07) is 3.41. The number of anilines is 1. The van der Waals surface area contributed by atoms with E-state index in [1.54, 1.807) is 19.2 Å². The van der Waals surface area contributed by atoms with E-state index in [4.69, 9.17) is 0 Å². The number of rotatable bonds is 5. The maximum atomic E-state index is 11.2. The molecule has 1 amide bonds. The summed E-state index contributed by atoms with van der Waals surface area (Å²) in [5, 5.41) is 13.3. The van der Waals surface area contributed by atoms with Crippen molar-refractivity contribution in [2.75, 3.05) is 18.9 Å². The third-order valence-corrected chi connectivity index (χ3v) is 1.96. The van der Waals surface area contributed by atoms with Gasteiger partial charge in [0.2, 0.25) is 0 Å². The molecule has 0 aromatic carbocycles. The van der Waals surface area contributed by atoms with Crippen molar-refractivity contribution in [3.63, 3.8) is 0 Å². The lowest BCUT2D eigenvalue weighted by Crippen LogP contribution is -2.19. The van der Waals surface area contributed by atoms with Crippen LogP contribution < -0.4 is 10.6 Å². The van der Waals surface area contributed by atoms with E-state index in [1.165, 1.54) is 0 Å². The summed E-state index contributed by atoms with van der Waals surface area (Å²) in [7, 11) is 1.57. The maximum absolute atomic E-state index is 11.2. The Labute approximate surface area is 89.3 Å². The molecule has 0 fully saturated rings. The number of carbonyl (C=O) groups is 1. The molecule has 82 valence electrons. The van der Waals surface area contributed by atoms with Crippen molar-refractivity contribution in [1.29, 1.82) is 0 Å². The van der Waals surface area contributed by atoms with Gasteiger partial charge in [0.25, 0.3) is 5.91 Å². The smallest absolute Gasteiger partial charge is 0.271 e.